The van der Waals surface area contributed by atoms with Crippen molar-refractivity contribution in [2.45, 2.75) is 65.0 Å². The smallest absolute Gasteiger partial charge is 0.261 e. The number of hydrogen-bond acceptors (Lipinski definition) is 2. The summed E-state index contributed by atoms with van der Waals surface area (Å²) in [6.07, 6.45) is 1.69. The molecule has 2 unspecified atom stereocenters. The lowest BCUT2D eigenvalue weighted by Gasteiger charge is -2.44. The molecule has 2 nitrogen and oxygen atoms in total. The molecule has 1 rings (SSSR count). The van der Waals surface area contributed by atoms with Crippen LogP contribution in [0.3, 0.4) is 0 Å². The zero-order chi connectivity index (χ0) is 12.9. The lowest BCUT2D eigenvalue weighted by atomic mass is 9.71. The van der Waals surface area contributed by atoms with Gasteiger partial charge in [0.25, 0.3) is 6.43 Å². The van der Waals surface area contributed by atoms with Gasteiger partial charge in [-0.1, -0.05) is 27.2 Å². The largest absolute Gasteiger partial charge is 0.371 e. The minimum absolute atomic E-state index is 0.0701. The van der Waals surface area contributed by atoms with Crippen molar-refractivity contribution in [3.63, 3.8) is 0 Å². The molecule has 0 aromatic carbocycles. The monoisotopic (exact) mass is 249 g/mol. The lowest BCUT2D eigenvalue weighted by Crippen LogP contribution is -2.54. The highest BCUT2D eigenvalue weighted by Crippen LogP contribution is 2.37. The Bertz CT molecular complexity index is 221. The predicted molar refractivity (Wildman–Crippen MR) is 65.5 cm³/mol. The summed E-state index contributed by atoms with van der Waals surface area (Å²) in [5.74, 6) is 0. The molecule has 0 amide bonds. The van der Waals surface area contributed by atoms with Crippen molar-refractivity contribution in [3.8, 4) is 0 Å². The Kier molecular flexibility index (Phi) is 5.80. The molecule has 0 bridgehead atoms. The highest BCUT2D eigenvalue weighted by molar-refractivity contribution is 4.94. The van der Waals surface area contributed by atoms with E-state index in [1.165, 1.54) is 0 Å². The fourth-order valence-corrected chi connectivity index (χ4v) is 2.67. The molecule has 0 radical (unpaired) electrons. The number of halogens is 2. The topological polar surface area (TPSA) is 21.3 Å². The molecule has 0 aliphatic heterocycles. The molecule has 1 aliphatic carbocycles. The first-order chi connectivity index (χ1) is 7.97. The lowest BCUT2D eigenvalue weighted by molar-refractivity contribution is -0.0745. The molecule has 1 aliphatic rings. The van der Waals surface area contributed by atoms with E-state index >= 15 is 0 Å². The Morgan fingerprint density at radius 3 is 2.71 bits per heavy atom. The number of hydrogen-bond donors (Lipinski definition) is 1. The Morgan fingerprint density at radius 1 is 1.41 bits per heavy atom. The fraction of sp³-hybridized carbons (Fsp3) is 1.00. The van der Waals surface area contributed by atoms with Crippen molar-refractivity contribution >= 4 is 0 Å². The summed E-state index contributed by atoms with van der Waals surface area (Å²) in [5.41, 5.74) is 0.125. The third kappa shape index (κ3) is 4.51. The molecule has 102 valence electrons. The van der Waals surface area contributed by atoms with E-state index < -0.39 is 13.0 Å². The van der Waals surface area contributed by atoms with Gasteiger partial charge >= 0.3 is 0 Å². The standard InChI is InChI=1S/C13H25F2NO/c1-4-8-16-12-10(17-9-11(14)15)6-5-7-13(12,2)3/h10-12,16H,4-9H2,1-3H3. The molecule has 1 fully saturated rings. The average Bonchev–Trinajstić information content (AvgIpc) is 2.24. The first kappa shape index (κ1) is 14.8. The molecular formula is C13H25F2NO. The quantitative estimate of drug-likeness (QED) is 0.780. The van der Waals surface area contributed by atoms with Crippen LogP contribution in [0.15, 0.2) is 0 Å². The van der Waals surface area contributed by atoms with E-state index in [9.17, 15) is 8.78 Å². The molecule has 4 heteroatoms. The number of rotatable bonds is 6. The third-order valence-corrected chi connectivity index (χ3v) is 3.57. The maximum absolute atomic E-state index is 12.2. The highest BCUT2D eigenvalue weighted by atomic mass is 19.3. The van der Waals surface area contributed by atoms with Gasteiger partial charge in [-0.05, 0) is 31.2 Å². The summed E-state index contributed by atoms with van der Waals surface area (Å²) >= 11 is 0. The van der Waals surface area contributed by atoms with Gasteiger partial charge < -0.3 is 10.1 Å². The van der Waals surface area contributed by atoms with Gasteiger partial charge in [0.2, 0.25) is 0 Å². The molecule has 2 atom stereocenters. The summed E-state index contributed by atoms with van der Waals surface area (Å²) in [6.45, 7) is 6.97. The van der Waals surface area contributed by atoms with Crippen molar-refractivity contribution in [1.82, 2.24) is 5.32 Å². The summed E-state index contributed by atoms with van der Waals surface area (Å²) in [5, 5.41) is 3.47. The number of ether oxygens (including phenoxy) is 1. The van der Waals surface area contributed by atoms with Crippen LogP contribution in [-0.2, 0) is 4.74 Å². The minimum atomic E-state index is -2.37. The number of nitrogens with one attached hydrogen (secondary N) is 1. The second kappa shape index (κ2) is 6.64. The zero-order valence-corrected chi connectivity index (χ0v) is 11.1. The van der Waals surface area contributed by atoms with Crippen LogP contribution in [-0.4, -0.2) is 31.7 Å². The van der Waals surface area contributed by atoms with Gasteiger partial charge in [-0.15, -0.1) is 0 Å². The number of alkyl halides is 2. The van der Waals surface area contributed by atoms with Crippen LogP contribution >= 0.6 is 0 Å². The van der Waals surface area contributed by atoms with E-state index in [4.69, 9.17) is 4.74 Å². The van der Waals surface area contributed by atoms with Crippen LogP contribution in [0, 0.1) is 5.41 Å². The maximum atomic E-state index is 12.2. The van der Waals surface area contributed by atoms with E-state index in [0.29, 0.717) is 0 Å². The Hall–Kier alpha value is -0.220. The first-order valence-electron chi connectivity index (χ1n) is 6.60. The second-order valence-electron chi connectivity index (χ2n) is 5.58. The predicted octanol–water partition coefficient (Wildman–Crippen LogP) is 3.22. The Labute approximate surface area is 103 Å². The highest BCUT2D eigenvalue weighted by Gasteiger charge is 2.39. The van der Waals surface area contributed by atoms with Gasteiger partial charge in [0, 0.05) is 6.04 Å². The van der Waals surface area contributed by atoms with Crippen molar-refractivity contribution in [2.75, 3.05) is 13.2 Å². The molecular weight excluding hydrogens is 224 g/mol. The molecule has 0 heterocycles. The van der Waals surface area contributed by atoms with Crippen LogP contribution in [0.4, 0.5) is 8.78 Å². The Morgan fingerprint density at radius 2 is 2.12 bits per heavy atom. The molecule has 0 spiro atoms. The van der Waals surface area contributed by atoms with E-state index in [0.717, 1.165) is 32.2 Å². The average molecular weight is 249 g/mol. The van der Waals surface area contributed by atoms with Crippen molar-refractivity contribution < 1.29 is 13.5 Å². The first-order valence-corrected chi connectivity index (χ1v) is 6.60. The van der Waals surface area contributed by atoms with Gasteiger partial charge in [-0.25, -0.2) is 8.78 Å². The van der Waals surface area contributed by atoms with Crippen LogP contribution in [0.1, 0.15) is 46.5 Å². The molecule has 1 N–H and O–H groups in total. The SMILES string of the molecule is CCCNC1C(OCC(F)F)CCCC1(C)C. The van der Waals surface area contributed by atoms with Crippen molar-refractivity contribution in [3.05, 3.63) is 0 Å². The van der Waals surface area contributed by atoms with Crippen LogP contribution in [0.5, 0.6) is 0 Å². The van der Waals surface area contributed by atoms with Crippen LogP contribution in [0.25, 0.3) is 0 Å². The Balaban J connectivity index is 2.57. The van der Waals surface area contributed by atoms with Gasteiger partial charge in [0.1, 0.15) is 6.61 Å². The molecule has 0 aromatic rings. The van der Waals surface area contributed by atoms with Crippen LogP contribution in [0.2, 0.25) is 0 Å². The molecule has 0 aromatic heterocycles. The van der Waals surface area contributed by atoms with E-state index in [1.807, 2.05) is 0 Å². The van der Waals surface area contributed by atoms with Crippen LogP contribution < -0.4 is 5.32 Å². The molecule has 1 saturated carbocycles. The maximum Gasteiger partial charge on any atom is 0.261 e. The van der Waals surface area contributed by atoms with E-state index in [2.05, 4.69) is 26.1 Å². The summed E-state index contributed by atoms with van der Waals surface area (Å²) in [7, 11) is 0. The van der Waals surface area contributed by atoms with Gasteiger partial charge in [-0.2, -0.15) is 0 Å². The molecule has 17 heavy (non-hydrogen) atoms. The van der Waals surface area contributed by atoms with E-state index in [-0.39, 0.29) is 17.6 Å². The summed E-state index contributed by atoms with van der Waals surface area (Å²) in [6, 6.07) is 0.190. The van der Waals surface area contributed by atoms with Gasteiger partial charge in [0.15, 0.2) is 0 Å². The molecule has 0 saturated heterocycles. The third-order valence-electron chi connectivity index (χ3n) is 3.57. The van der Waals surface area contributed by atoms with Crippen molar-refractivity contribution in [2.24, 2.45) is 5.41 Å². The summed E-state index contributed by atoms with van der Waals surface area (Å²) < 4.78 is 29.8. The second-order valence-corrected chi connectivity index (χ2v) is 5.58. The van der Waals surface area contributed by atoms with Gasteiger partial charge in [0.05, 0.1) is 6.10 Å². The summed E-state index contributed by atoms with van der Waals surface area (Å²) in [4.78, 5) is 0. The minimum Gasteiger partial charge on any atom is -0.371 e. The zero-order valence-electron chi connectivity index (χ0n) is 11.1. The van der Waals surface area contributed by atoms with Gasteiger partial charge in [-0.3, -0.25) is 0 Å². The normalized spacial score (nSPS) is 28.6. The van der Waals surface area contributed by atoms with Crippen molar-refractivity contribution in [1.29, 1.82) is 0 Å². The van der Waals surface area contributed by atoms with E-state index in [1.54, 1.807) is 0 Å². The fourth-order valence-electron chi connectivity index (χ4n) is 2.67.